The number of aliphatic hydroxyl groups excluding tert-OH is 1. The van der Waals surface area contributed by atoms with Gasteiger partial charge >= 0.3 is 0 Å². The third-order valence-electron chi connectivity index (χ3n) is 5.67. The van der Waals surface area contributed by atoms with Crippen LogP contribution in [0.1, 0.15) is 29.0 Å². The van der Waals surface area contributed by atoms with E-state index in [0.717, 1.165) is 47.7 Å². The Kier molecular flexibility index (Phi) is 8.95. The zero-order chi connectivity index (χ0) is 24.5. The van der Waals surface area contributed by atoms with Crippen LogP contribution in [-0.2, 0) is 18.9 Å². The number of hydrogen-bond donors (Lipinski definition) is 1. The highest BCUT2D eigenvalue weighted by Crippen LogP contribution is 2.30. The average Bonchev–Trinajstić information content (AvgIpc) is 3.34. The van der Waals surface area contributed by atoms with Crippen molar-refractivity contribution in [2.75, 3.05) is 20.2 Å². The van der Waals surface area contributed by atoms with Crippen molar-refractivity contribution in [1.82, 2.24) is 15.1 Å². The molecule has 1 N–H and O–H groups in total. The van der Waals surface area contributed by atoms with Crippen LogP contribution in [0.25, 0.3) is 11.1 Å². The number of rotatable bonds is 12. The normalized spacial score (nSPS) is 11.2. The number of benzene rings is 3. The molecule has 1 aromatic heterocycles. The molecule has 6 nitrogen and oxygen atoms in total. The van der Waals surface area contributed by atoms with Gasteiger partial charge in [0.15, 0.2) is 6.61 Å². The smallest absolute Gasteiger partial charge is 0.277 e. The van der Waals surface area contributed by atoms with E-state index in [1.807, 2.05) is 30.3 Å². The average molecular weight is 490 g/mol. The second kappa shape index (κ2) is 12.5. The quantitative estimate of drug-likeness (QED) is 0.255. The predicted molar refractivity (Wildman–Crippen MR) is 139 cm³/mol. The van der Waals surface area contributed by atoms with Gasteiger partial charge in [-0.2, -0.15) is 0 Å². The van der Waals surface area contributed by atoms with E-state index in [0.29, 0.717) is 11.1 Å². The van der Waals surface area contributed by atoms with Crippen molar-refractivity contribution >= 4 is 11.8 Å². The minimum absolute atomic E-state index is 0.220. The third kappa shape index (κ3) is 7.18. The zero-order valence-corrected chi connectivity index (χ0v) is 21.0. The first-order valence-electron chi connectivity index (χ1n) is 11.7. The Morgan fingerprint density at radius 3 is 2.60 bits per heavy atom. The Morgan fingerprint density at radius 1 is 0.971 bits per heavy atom. The molecular formula is C28H31N3O3S. The van der Waals surface area contributed by atoms with Crippen LogP contribution in [0.5, 0.6) is 5.75 Å². The molecular weight excluding hydrogens is 458 g/mol. The lowest BCUT2D eigenvalue weighted by Gasteiger charge is -2.16. The monoisotopic (exact) mass is 489 g/mol. The molecule has 182 valence electrons. The van der Waals surface area contributed by atoms with Crippen LogP contribution >= 0.6 is 11.8 Å². The first-order chi connectivity index (χ1) is 17.1. The van der Waals surface area contributed by atoms with Crippen molar-refractivity contribution in [3.8, 4) is 16.9 Å². The molecule has 0 aliphatic heterocycles. The summed E-state index contributed by atoms with van der Waals surface area (Å²) in [6.07, 6.45) is 0.785. The van der Waals surface area contributed by atoms with Gasteiger partial charge in [0.1, 0.15) is 5.75 Å². The van der Waals surface area contributed by atoms with E-state index in [2.05, 4.69) is 71.5 Å². The Morgan fingerprint density at radius 2 is 1.77 bits per heavy atom. The second-order valence-corrected chi connectivity index (χ2v) is 9.40. The standard InChI is InChI=1S/C28H31N3O3S/c1-21-25(24-11-4-3-5-12-24)13-7-14-26(21)33-19-27-29-30-28(34-27)35-20-23-10-6-9-22(17-23)18-31(2)15-8-16-32/h3-7,9-14,17,32H,8,15-16,18-20H2,1-2H3. The van der Waals surface area contributed by atoms with Crippen molar-refractivity contribution in [2.45, 2.75) is 37.5 Å². The molecule has 1 heterocycles. The van der Waals surface area contributed by atoms with Gasteiger partial charge in [-0.15, -0.1) is 10.2 Å². The van der Waals surface area contributed by atoms with E-state index in [1.54, 1.807) is 0 Å². The summed E-state index contributed by atoms with van der Waals surface area (Å²) in [5.41, 5.74) is 5.83. The Bertz CT molecular complexity index is 1210. The van der Waals surface area contributed by atoms with Gasteiger partial charge < -0.3 is 19.2 Å². The summed E-state index contributed by atoms with van der Waals surface area (Å²) in [5, 5.41) is 17.9. The first-order valence-corrected chi connectivity index (χ1v) is 12.7. The molecule has 0 saturated heterocycles. The summed E-state index contributed by atoms with van der Waals surface area (Å²) in [5.74, 6) is 2.00. The second-order valence-electron chi connectivity index (χ2n) is 8.47. The third-order valence-corrected chi connectivity index (χ3v) is 6.56. The molecule has 0 aliphatic rings. The summed E-state index contributed by atoms with van der Waals surface area (Å²) in [4.78, 5) is 2.21. The number of thioether (sulfide) groups is 1. The van der Waals surface area contributed by atoms with E-state index in [4.69, 9.17) is 14.3 Å². The molecule has 0 amide bonds. The van der Waals surface area contributed by atoms with Gasteiger partial charge in [0.05, 0.1) is 0 Å². The minimum atomic E-state index is 0.220. The molecule has 35 heavy (non-hydrogen) atoms. The molecule has 0 unspecified atom stereocenters. The van der Waals surface area contributed by atoms with Gasteiger partial charge in [0.25, 0.3) is 11.1 Å². The van der Waals surface area contributed by atoms with Crippen LogP contribution in [0.2, 0.25) is 0 Å². The molecule has 3 aromatic carbocycles. The maximum Gasteiger partial charge on any atom is 0.277 e. The molecule has 0 fully saturated rings. The highest BCUT2D eigenvalue weighted by Gasteiger charge is 2.11. The van der Waals surface area contributed by atoms with Crippen molar-refractivity contribution in [3.05, 3.63) is 95.4 Å². The number of aliphatic hydroxyl groups is 1. The lowest BCUT2D eigenvalue weighted by Crippen LogP contribution is -2.19. The van der Waals surface area contributed by atoms with Crippen LogP contribution in [0.15, 0.2) is 82.4 Å². The highest BCUT2D eigenvalue weighted by atomic mass is 32.2. The lowest BCUT2D eigenvalue weighted by atomic mass is 10.00. The SMILES string of the molecule is Cc1c(OCc2nnc(SCc3cccc(CN(C)CCCO)c3)o2)cccc1-c1ccccc1. The van der Waals surface area contributed by atoms with E-state index in [1.165, 1.54) is 22.9 Å². The Labute approximate surface area is 211 Å². The van der Waals surface area contributed by atoms with Crippen LogP contribution < -0.4 is 4.74 Å². The summed E-state index contributed by atoms with van der Waals surface area (Å²) >= 11 is 1.52. The van der Waals surface area contributed by atoms with Crippen molar-refractivity contribution in [2.24, 2.45) is 0 Å². The van der Waals surface area contributed by atoms with Gasteiger partial charge in [-0.3, -0.25) is 0 Å². The molecule has 4 aromatic rings. The minimum Gasteiger partial charge on any atom is -0.484 e. The Hall–Kier alpha value is -3.13. The fourth-order valence-electron chi connectivity index (χ4n) is 3.89. The topological polar surface area (TPSA) is 71.6 Å². The van der Waals surface area contributed by atoms with Crippen LogP contribution in [0.4, 0.5) is 0 Å². The van der Waals surface area contributed by atoms with Crippen LogP contribution in [0, 0.1) is 6.92 Å². The van der Waals surface area contributed by atoms with Crippen LogP contribution in [0.3, 0.4) is 0 Å². The molecule has 0 spiro atoms. The summed E-state index contributed by atoms with van der Waals surface area (Å²) in [6, 6.07) is 24.8. The van der Waals surface area contributed by atoms with Crippen molar-refractivity contribution in [3.63, 3.8) is 0 Å². The van der Waals surface area contributed by atoms with Crippen LogP contribution in [-0.4, -0.2) is 40.4 Å². The van der Waals surface area contributed by atoms with Crippen molar-refractivity contribution < 1.29 is 14.3 Å². The Balaban J connectivity index is 1.31. The van der Waals surface area contributed by atoms with Gasteiger partial charge in [0, 0.05) is 25.4 Å². The molecule has 7 heteroatoms. The van der Waals surface area contributed by atoms with E-state index < -0.39 is 0 Å². The number of ether oxygens (including phenoxy) is 1. The van der Waals surface area contributed by atoms with Gasteiger partial charge in [0.2, 0.25) is 0 Å². The molecule has 4 rings (SSSR count). The largest absolute Gasteiger partial charge is 0.484 e. The molecule has 0 aliphatic carbocycles. The van der Waals surface area contributed by atoms with E-state index in [-0.39, 0.29) is 13.2 Å². The summed E-state index contributed by atoms with van der Waals surface area (Å²) in [6.45, 7) is 4.23. The lowest BCUT2D eigenvalue weighted by molar-refractivity contribution is 0.244. The van der Waals surface area contributed by atoms with Crippen molar-refractivity contribution in [1.29, 1.82) is 0 Å². The number of hydrogen-bond acceptors (Lipinski definition) is 7. The van der Waals surface area contributed by atoms with Gasteiger partial charge in [-0.25, -0.2) is 0 Å². The van der Waals surface area contributed by atoms with Gasteiger partial charge in [-0.05, 0) is 54.3 Å². The maximum atomic E-state index is 9.01. The first kappa shape index (κ1) is 25.0. The number of nitrogens with zero attached hydrogens (tertiary/aromatic N) is 3. The maximum absolute atomic E-state index is 9.01. The molecule has 0 saturated carbocycles. The highest BCUT2D eigenvalue weighted by molar-refractivity contribution is 7.98. The van der Waals surface area contributed by atoms with E-state index in [9.17, 15) is 0 Å². The number of aromatic nitrogens is 2. The van der Waals surface area contributed by atoms with E-state index >= 15 is 0 Å². The zero-order valence-electron chi connectivity index (χ0n) is 20.2. The molecule has 0 radical (unpaired) electrons. The summed E-state index contributed by atoms with van der Waals surface area (Å²) in [7, 11) is 2.07. The predicted octanol–water partition coefficient (Wildman–Crippen LogP) is 5.73. The fourth-order valence-corrected chi connectivity index (χ4v) is 4.61. The molecule has 0 atom stereocenters. The van der Waals surface area contributed by atoms with Gasteiger partial charge in [-0.1, -0.05) is 78.5 Å². The molecule has 0 bridgehead atoms. The summed E-state index contributed by atoms with van der Waals surface area (Å²) < 4.78 is 11.8. The fraction of sp³-hybridized carbons (Fsp3) is 0.286.